The Balaban J connectivity index is 1.74. The molecule has 0 bridgehead atoms. The number of hydrogen-bond acceptors (Lipinski definition) is 4. The quantitative estimate of drug-likeness (QED) is 0.709. The zero-order chi connectivity index (χ0) is 17.6. The largest absolute Gasteiger partial charge is 0.507 e. The molecule has 3 rings (SSSR count). The molecular formula is C20H22N4O. The average molecular weight is 334 g/mol. The molecule has 5 heteroatoms. The van der Waals surface area contributed by atoms with Crippen LogP contribution in [-0.2, 0) is 0 Å². The molecule has 0 atom stereocenters. The maximum Gasteiger partial charge on any atom is 0.185 e. The summed E-state index contributed by atoms with van der Waals surface area (Å²) < 4.78 is 0. The number of rotatable bonds is 6. The minimum atomic E-state index is 0.170. The Morgan fingerprint density at radius 1 is 1.00 bits per heavy atom. The molecule has 0 fully saturated rings. The number of phenols is 1. The number of aromatic hydroxyl groups is 1. The normalized spacial score (nSPS) is 11.1. The summed E-state index contributed by atoms with van der Waals surface area (Å²) in [7, 11) is 0. The van der Waals surface area contributed by atoms with Gasteiger partial charge in [0.05, 0.1) is 5.56 Å². The summed E-state index contributed by atoms with van der Waals surface area (Å²) in [5.41, 5.74) is 2.93. The minimum absolute atomic E-state index is 0.170. The molecule has 25 heavy (non-hydrogen) atoms. The molecule has 5 nitrogen and oxygen atoms in total. The molecule has 0 amide bonds. The molecule has 2 N–H and O–H groups in total. The van der Waals surface area contributed by atoms with E-state index in [4.69, 9.17) is 0 Å². The van der Waals surface area contributed by atoms with Crippen molar-refractivity contribution in [3.05, 3.63) is 59.9 Å². The van der Waals surface area contributed by atoms with Crippen molar-refractivity contribution in [3.8, 4) is 17.1 Å². The second-order valence-corrected chi connectivity index (χ2v) is 5.66. The number of aromatic nitrogens is 3. The van der Waals surface area contributed by atoms with Crippen molar-refractivity contribution in [2.45, 2.75) is 13.8 Å². The van der Waals surface area contributed by atoms with E-state index in [1.54, 1.807) is 18.2 Å². The minimum Gasteiger partial charge on any atom is -0.507 e. The molecule has 1 aromatic heterocycles. The van der Waals surface area contributed by atoms with E-state index >= 15 is 0 Å². The number of aromatic amines is 1. The van der Waals surface area contributed by atoms with Crippen molar-refractivity contribution in [2.24, 2.45) is 0 Å². The van der Waals surface area contributed by atoms with Gasteiger partial charge in [-0.25, -0.2) is 4.98 Å². The van der Waals surface area contributed by atoms with Crippen molar-refractivity contribution in [3.63, 3.8) is 0 Å². The molecule has 0 aliphatic carbocycles. The number of benzene rings is 2. The summed E-state index contributed by atoms with van der Waals surface area (Å²) in [5.74, 6) is 1.30. The number of nitrogens with one attached hydrogen (secondary N) is 1. The van der Waals surface area contributed by atoms with E-state index in [2.05, 4.69) is 58.2 Å². The first-order valence-electron chi connectivity index (χ1n) is 8.45. The highest BCUT2D eigenvalue weighted by atomic mass is 16.3. The van der Waals surface area contributed by atoms with Crippen molar-refractivity contribution in [1.82, 2.24) is 15.2 Å². The van der Waals surface area contributed by atoms with Gasteiger partial charge in [-0.15, -0.1) is 0 Å². The predicted octanol–water partition coefficient (Wildman–Crippen LogP) is 4.19. The Labute approximate surface area is 147 Å². The summed E-state index contributed by atoms with van der Waals surface area (Å²) in [6, 6.07) is 15.5. The highest BCUT2D eigenvalue weighted by molar-refractivity contribution is 5.69. The third kappa shape index (κ3) is 3.88. The van der Waals surface area contributed by atoms with Crippen molar-refractivity contribution >= 4 is 17.8 Å². The first kappa shape index (κ1) is 16.8. The Kier molecular flexibility index (Phi) is 5.14. The Hall–Kier alpha value is -3.08. The lowest BCUT2D eigenvalue weighted by molar-refractivity contribution is 0.477. The summed E-state index contributed by atoms with van der Waals surface area (Å²) in [6.07, 6.45) is 3.87. The highest BCUT2D eigenvalue weighted by Gasteiger charge is 2.08. The Morgan fingerprint density at radius 3 is 2.40 bits per heavy atom. The maximum absolute atomic E-state index is 9.88. The van der Waals surface area contributed by atoms with E-state index in [0.717, 1.165) is 18.7 Å². The summed E-state index contributed by atoms with van der Waals surface area (Å²) in [4.78, 5) is 6.72. The van der Waals surface area contributed by atoms with Gasteiger partial charge in [-0.1, -0.05) is 30.3 Å². The van der Waals surface area contributed by atoms with Gasteiger partial charge in [0.2, 0.25) is 0 Å². The molecule has 3 aromatic rings. The lowest BCUT2D eigenvalue weighted by Crippen LogP contribution is -2.21. The van der Waals surface area contributed by atoms with E-state index in [1.807, 2.05) is 18.2 Å². The topological polar surface area (TPSA) is 65.0 Å². The zero-order valence-corrected chi connectivity index (χ0v) is 14.5. The molecule has 0 aliphatic rings. The molecule has 0 saturated heterocycles. The molecule has 0 spiro atoms. The van der Waals surface area contributed by atoms with Crippen LogP contribution in [0.25, 0.3) is 23.5 Å². The van der Waals surface area contributed by atoms with E-state index in [9.17, 15) is 5.11 Å². The number of H-pyrrole nitrogens is 1. The number of nitrogens with zero attached hydrogens (tertiary/aromatic N) is 3. The van der Waals surface area contributed by atoms with E-state index in [-0.39, 0.29) is 5.75 Å². The van der Waals surface area contributed by atoms with E-state index in [1.165, 1.54) is 5.69 Å². The summed E-state index contributed by atoms with van der Waals surface area (Å²) >= 11 is 0. The van der Waals surface area contributed by atoms with Crippen LogP contribution in [0.1, 0.15) is 25.2 Å². The number of para-hydroxylation sites is 1. The Bertz CT molecular complexity index is 848. The molecule has 1 heterocycles. The smallest absolute Gasteiger partial charge is 0.185 e. The van der Waals surface area contributed by atoms with Gasteiger partial charge in [0.1, 0.15) is 11.6 Å². The van der Waals surface area contributed by atoms with E-state index in [0.29, 0.717) is 17.2 Å². The molecule has 0 unspecified atom stereocenters. The first-order valence-corrected chi connectivity index (χ1v) is 8.45. The second-order valence-electron chi connectivity index (χ2n) is 5.66. The predicted molar refractivity (Wildman–Crippen MR) is 102 cm³/mol. The third-order valence-electron chi connectivity index (χ3n) is 4.10. The molecule has 0 saturated carbocycles. The number of anilines is 1. The van der Waals surface area contributed by atoms with Crippen LogP contribution in [0.15, 0.2) is 48.5 Å². The highest BCUT2D eigenvalue weighted by Crippen LogP contribution is 2.25. The lowest BCUT2D eigenvalue weighted by Gasteiger charge is -2.20. The van der Waals surface area contributed by atoms with E-state index < -0.39 is 0 Å². The average Bonchev–Trinajstić information content (AvgIpc) is 3.11. The molecule has 0 aliphatic heterocycles. The SMILES string of the molecule is CCN(CC)c1ccc(/C=C/c2nc(-c3ccccc3O)n[nH]2)cc1. The zero-order valence-electron chi connectivity index (χ0n) is 14.5. The maximum atomic E-state index is 9.88. The fourth-order valence-corrected chi connectivity index (χ4v) is 2.69. The number of hydrogen-bond donors (Lipinski definition) is 2. The molecular weight excluding hydrogens is 312 g/mol. The van der Waals surface area contributed by atoms with Gasteiger partial charge in [0.15, 0.2) is 5.82 Å². The van der Waals surface area contributed by atoms with Gasteiger partial charge in [0.25, 0.3) is 0 Å². The van der Waals surface area contributed by atoms with Gasteiger partial charge in [-0.05, 0) is 49.8 Å². The van der Waals surface area contributed by atoms with Gasteiger partial charge in [-0.2, -0.15) is 5.10 Å². The monoisotopic (exact) mass is 334 g/mol. The second kappa shape index (κ2) is 7.66. The van der Waals surface area contributed by atoms with Crippen LogP contribution in [0.4, 0.5) is 5.69 Å². The van der Waals surface area contributed by atoms with Crippen molar-refractivity contribution in [1.29, 1.82) is 0 Å². The van der Waals surface area contributed by atoms with Crippen LogP contribution >= 0.6 is 0 Å². The van der Waals surface area contributed by atoms with Gasteiger partial charge in [-0.3, -0.25) is 5.10 Å². The van der Waals surface area contributed by atoms with Crippen molar-refractivity contribution < 1.29 is 5.11 Å². The van der Waals surface area contributed by atoms with Crippen LogP contribution < -0.4 is 4.90 Å². The van der Waals surface area contributed by atoms with Gasteiger partial charge in [0, 0.05) is 18.8 Å². The lowest BCUT2D eigenvalue weighted by atomic mass is 10.2. The number of phenolic OH excluding ortho intramolecular Hbond substituents is 1. The fourth-order valence-electron chi connectivity index (χ4n) is 2.69. The standard InChI is InChI=1S/C20H22N4O/c1-3-24(4-2)16-12-9-15(10-13-16)11-14-19-21-20(23-22-19)17-7-5-6-8-18(17)25/h5-14,25H,3-4H2,1-2H3,(H,21,22,23)/b14-11+. The van der Waals surface area contributed by atoms with Crippen LogP contribution in [0.3, 0.4) is 0 Å². The van der Waals surface area contributed by atoms with Crippen LogP contribution in [-0.4, -0.2) is 33.4 Å². The van der Waals surface area contributed by atoms with Crippen LogP contribution in [0, 0.1) is 0 Å². The van der Waals surface area contributed by atoms with Crippen molar-refractivity contribution in [2.75, 3.05) is 18.0 Å². The Morgan fingerprint density at radius 2 is 1.72 bits per heavy atom. The van der Waals surface area contributed by atoms with Crippen LogP contribution in [0.5, 0.6) is 5.75 Å². The van der Waals surface area contributed by atoms with Gasteiger partial charge < -0.3 is 10.0 Å². The molecule has 0 radical (unpaired) electrons. The van der Waals surface area contributed by atoms with Gasteiger partial charge >= 0.3 is 0 Å². The third-order valence-corrected chi connectivity index (χ3v) is 4.10. The molecule has 2 aromatic carbocycles. The summed E-state index contributed by atoms with van der Waals surface area (Å²) in [6.45, 7) is 6.31. The molecule has 128 valence electrons. The first-order chi connectivity index (χ1) is 12.2. The van der Waals surface area contributed by atoms with Crippen LogP contribution in [0.2, 0.25) is 0 Å². The summed E-state index contributed by atoms with van der Waals surface area (Å²) in [5, 5.41) is 16.9. The fraction of sp³-hybridized carbons (Fsp3) is 0.200.